The summed E-state index contributed by atoms with van der Waals surface area (Å²) in [5.41, 5.74) is -0.465. The Morgan fingerprint density at radius 2 is 1.93 bits per heavy atom. The van der Waals surface area contributed by atoms with Gasteiger partial charge in [0.2, 0.25) is 5.75 Å². The minimum atomic E-state index is -4.13. The maximum atomic E-state index is 12.5. The fourth-order valence-electron chi connectivity index (χ4n) is 2.31. The van der Waals surface area contributed by atoms with E-state index in [1.54, 1.807) is 6.92 Å². The number of benzene rings is 2. The molecular formula is C17H19N3O8S. The molecule has 156 valence electrons. The van der Waals surface area contributed by atoms with Crippen LogP contribution in [0.5, 0.6) is 23.0 Å². The van der Waals surface area contributed by atoms with E-state index in [1.165, 1.54) is 38.5 Å². The van der Waals surface area contributed by atoms with Crippen molar-refractivity contribution < 1.29 is 32.7 Å². The predicted octanol–water partition coefficient (Wildman–Crippen LogP) is 2.03. The summed E-state index contributed by atoms with van der Waals surface area (Å²) in [5, 5.41) is 24.6. The first-order valence-electron chi connectivity index (χ1n) is 8.14. The predicted molar refractivity (Wildman–Crippen MR) is 103 cm³/mol. The number of nitro benzene ring substituents is 1. The first-order chi connectivity index (χ1) is 13.7. The van der Waals surface area contributed by atoms with E-state index in [2.05, 4.69) is 5.10 Å². The molecule has 2 rings (SSSR count). The molecular weight excluding hydrogens is 406 g/mol. The van der Waals surface area contributed by atoms with E-state index >= 15 is 0 Å². The first-order valence-corrected chi connectivity index (χ1v) is 9.62. The van der Waals surface area contributed by atoms with E-state index < -0.39 is 26.4 Å². The van der Waals surface area contributed by atoms with Crippen LogP contribution in [-0.4, -0.2) is 45.5 Å². The van der Waals surface area contributed by atoms with Gasteiger partial charge in [-0.3, -0.25) is 10.1 Å². The van der Waals surface area contributed by atoms with Crippen LogP contribution in [0.25, 0.3) is 0 Å². The first kappa shape index (κ1) is 21.8. The molecule has 0 aliphatic carbocycles. The van der Waals surface area contributed by atoms with Crippen LogP contribution in [0.2, 0.25) is 0 Å². The van der Waals surface area contributed by atoms with E-state index in [0.29, 0.717) is 5.75 Å². The number of nitrogens with zero attached hydrogens (tertiary/aromatic N) is 2. The second-order valence-corrected chi connectivity index (χ2v) is 7.08. The fraction of sp³-hybridized carbons (Fsp3) is 0.235. The molecule has 0 radical (unpaired) electrons. The molecule has 0 atom stereocenters. The van der Waals surface area contributed by atoms with E-state index in [0.717, 1.165) is 12.3 Å². The van der Waals surface area contributed by atoms with Crippen LogP contribution in [0, 0.1) is 10.1 Å². The minimum Gasteiger partial charge on any atom is -0.500 e. The summed E-state index contributed by atoms with van der Waals surface area (Å²) < 4.78 is 40.3. The summed E-state index contributed by atoms with van der Waals surface area (Å²) in [6.07, 6.45) is 1.04. The molecule has 0 bridgehead atoms. The summed E-state index contributed by atoms with van der Waals surface area (Å²) in [6, 6.07) is 6.54. The summed E-state index contributed by atoms with van der Waals surface area (Å²) >= 11 is 0. The van der Waals surface area contributed by atoms with Gasteiger partial charge in [-0.2, -0.15) is 18.4 Å². The van der Waals surface area contributed by atoms with Crippen molar-refractivity contribution in [3.8, 4) is 23.0 Å². The zero-order valence-electron chi connectivity index (χ0n) is 15.8. The maximum absolute atomic E-state index is 12.5. The van der Waals surface area contributed by atoms with Crippen LogP contribution in [0.1, 0.15) is 12.5 Å². The van der Waals surface area contributed by atoms with Crippen molar-refractivity contribution in [2.24, 2.45) is 5.10 Å². The molecule has 0 saturated heterocycles. The Balaban J connectivity index is 2.35. The highest BCUT2D eigenvalue weighted by molar-refractivity contribution is 7.89. The molecule has 0 heterocycles. The van der Waals surface area contributed by atoms with Crippen molar-refractivity contribution in [3.63, 3.8) is 0 Å². The summed E-state index contributed by atoms with van der Waals surface area (Å²) in [4.78, 5) is 12.1. The molecule has 2 N–H and O–H groups in total. The molecule has 0 aliphatic heterocycles. The zero-order chi connectivity index (χ0) is 21.6. The lowest BCUT2D eigenvalue weighted by Crippen LogP contribution is -2.19. The topological polar surface area (TPSA) is 150 Å². The average Bonchev–Trinajstić information content (AvgIpc) is 2.69. The molecule has 0 fully saturated rings. The number of hydrogen-bond donors (Lipinski definition) is 2. The zero-order valence-corrected chi connectivity index (χ0v) is 16.6. The summed E-state index contributed by atoms with van der Waals surface area (Å²) in [6.45, 7) is 1.80. The standard InChI is InChI=1S/C17H19N3O8S/c1-4-28-15-8-11(7-13(17(15)21)20(22)23)10-18-19-29(24,25)16-9-12(26-2)5-6-14(16)27-3/h5-10,19,21H,4H2,1-3H3/b18-10+. The molecule has 0 aromatic heterocycles. The molecule has 12 heteroatoms. The van der Waals surface area contributed by atoms with Gasteiger partial charge in [-0.15, -0.1) is 0 Å². The van der Waals surface area contributed by atoms with Gasteiger partial charge in [0.15, 0.2) is 5.75 Å². The quantitative estimate of drug-likeness (QED) is 0.352. The lowest BCUT2D eigenvalue weighted by molar-refractivity contribution is -0.386. The van der Waals surface area contributed by atoms with Gasteiger partial charge in [0.1, 0.15) is 16.4 Å². The Kier molecular flexibility index (Phi) is 6.83. The number of methoxy groups -OCH3 is 2. The molecule has 0 aliphatic rings. The van der Waals surface area contributed by atoms with Gasteiger partial charge in [0.25, 0.3) is 10.0 Å². The molecule has 0 spiro atoms. The van der Waals surface area contributed by atoms with Crippen molar-refractivity contribution in [2.75, 3.05) is 20.8 Å². The fourth-order valence-corrected chi connectivity index (χ4v) is 3.28. The van der Waals surface area contributed by atoms with Gasteiger partial charge in [-0.1, -0.05) is 0 Å². The molecule has 2 aromatic rings. The van der Waals surface area contributed by atoms with Crippen LogP contribution in [-0.2, 0) is 10.0 Å². The Hall–Kier alpha value is -3.54. The minimum absolute atomic E-state index is 0.0763. The Morgan fingerprint density at radius 1 is 1.21 bits per heavy atom. The van der Waals surface area contributed by atoms with Crippen molar-refractivity contribution in [3.05, 3.63) is 46.0 Å². The maximum Gasteiger partial charge on any atom is 0.315 e. The number of phenolic OH excluding ortho intramolecular Hbond substituents is 1. The number of hydrazone groups is 1. The van der Waals surface area contributed by atoms with Crippen LogP contribution < -0.4 is 19.0 Å². The highest BCUT2D eigenvalue weighted by Gasteiger charge is 2.21. The van der Waals surface area contributed by atoms with Crippen LogP contribution in [0.15, 0.2) is 40.3 Å². The van der Waals surface area contributed by atoms with Gasteiger partial charge in [0, 0.05) is 17.7 Å². The molecule has 29 heavy (non-hydrogen) atoms. The molecule has 11 nitrogen and oxygen atoms in total. The van der Waals surface area contributed by atoms with Gasteiger partial charge in [-0.25, -0.2) is 0 Å². The monoisotopic (exact) mass is 425 g/mol. The van der Waals surface area contributed by atoms with E-state index in [9.17, 15) is 23.6 Å². The highest BCUT2D eigenvalue weighted by Crippen LogP contribution is 2.36. The van der Waals surface area contributed by atoms with Gasteiger partial charge >= 0.3 is 5.69 Å². The van der Waals surface area contributed by atoms with E-state index in [4.69, 9.17) is 14.2 Å². The van der Waals surface area contributed by atoms with Gasteiger partial charge < -0.3 is 19.3 Å². The summed E-state index contributed by atoms with van der Waals surface area (Å²) in [5.74, 6) is -0.380. The Labute approximate surface area is 166 Å². The molecule has 2 aromatic carbocycles. The van der Waals surface area contributed by atoms with Gasteiger partial charge in [-0.05, 0) is 25.1 Å². The normalized spacial score (nSPS) is 11.3. The van der Waals surface area contributed by atoms with Crippen LogP contribution in [0.4, 0.5) is 5.69 Å². The van der Waals surface area contributed by atoms with E-state index in [1.807, 2.05) is 4.83 Å². The second-order valence-electron chi connectivity index (χ2n) is 5.45. The smallest absolute Gasteiger partial charge is 0.315 e. The van der Waals surface area contributed by atoms with Crippen LogP contribution >= 0.6 is 0 Å². The third-order valence-corrected chi connectivity index (χ3v) is 4.86. The number of nitrogens with one attached hydrogen (secondary N) is 1. The number of nitro groups is 1. The molecule has 0 unspecified atom stereocenters. The Morgan fingerprint density at radius 3 is 2.52 bits per heavy atom. The SMILES string of the molecule is CCOc1cc(/C=N/NS(=O)(=O)c2cc(OC)ccc2OC)cc([N+](=O)[O-])c1O. The Bertz CT molecular complexity index is 1040. The van der Waals surface area contributed by atoms with Crippen molar-refractivity contribution >= 4 is 21.9 Å². The number of phenols is 1. The summed E-state index contributed by atoms with van der Waals surface area (Å²) in [7, 11) is -1.43. The molecule has 0 amide bonds. The third-order valence-electron chi connectivity index (χ3n) is 3.62. The lowest BCUT2D eigenvalue weighted by Gasteiger charge is -2.10. The lowest BCUT2D eigenvalue weighted by atomic mass is 10.2. The van der Waals surface area contributed by atoms with Crippen molar-refractivity contribution in [1.29, 1.82) is 0 Å². The second kappa shape index (κ2) is 9.10. The van der Waals surface area contributed by atoms with E-state index in [-0.39, 0.29) is 28.6 Å². The largest absolute Gasteiger partial charge is 0.500 e. The third kappa shape index (κ3) is 5.04. The number of ether oxygens (including phenoxy) is 3. The van der Waals surface area contributed by atoms with Crippen molar-refractivity contribution in [1.82, 2.24) is 4.83 Å². The van der Waals surface area contributed by atoms with Crippen LogP contribution in [0.3, 0.4) is 0 Å². The number of aromatic hydroxyl groups is 1. The van der Waals surface area contributed by atoms with Gasteiger partial charge in [0.05, 0.1) is 32.0 Å². The van der Waals surface area contributed by atoms with Crippen molar-refractivity contribution in [2.45, 2.75) is 11.8 Å². The average molecular weight is 425 g/mol. The number of sulfonamides is 1. The highest BCUT2D eigenvalue weighted by atomic mass is 32.2. The number of hydrogen-bond acceptors (Lipinski definition) is 9. The number of rotatable bonds is 9. The molecule has 0 saturated carbocycles.